The maximum Gasteiger partial charge on any atom is 0.332 e. The highest BCUT2D eigenvalue weighted by Crippen LogP contribution is 2.34. The lowest BCUT2D eigenvalue weighted by Gasteiger charge is -2.11. The molecule has 16 heavy (non-hydrogen) atoms. The van der Waals surface area contributed by atoms with E-state index in [-0.39, 0.29) is 18.1 Å². The van der Waals surface area contributed by atoms with E-state index in [1.54, 1.807) is 0 Å². The molecule has 1 atom stereocenters. The molecule has 0 fully saturated rings. The number of Topliss-reactive ketones (excluding diaryl/α,β-unsaturated/α-hetero) is 1. The molecule has 96 valence electrons. The van der Waals surface area contributed by atoms with Gasteiger partial charge in [0.1, 0.15) is 11.9 Å². The van der Waals surface area contributed by atoms with Crippen molar-refractivity contribution in [3.8, 4) is 0 Å². The van der Waals surface area contributed by atoms with E-state index in [0.717, 1.165) is 19.3 Å². The van der Waals surface area contributed by atoms with Crippen LogP contribution in [0.1, 0.15) is 46.5 Å². The molecule has 0 bridgehead atoms. The Balaban J connectivity index is 3.75. The first-order valence-electron chi connectivity index (χ1n) is 5.77. The first-order chi connectivity index (χ1) is 7.20. The third-order valence-corrected chi connectivity index (χ3v) is 3.20. The maximum atomic E-state index is 11.3. The highest BCUT2D eigenvalue weighted by Gasteiger charge is 2.20. The van der Waals surface area contributed by atoms with E-state index in [1.165, 1.54) is 0 Å². The Hall–Kier alpha value is -0.180. The first-order valence-corrected chi connectivity index (χ1v) is 7.56. The molecule has 0 heterocycles. The lowest BCUT2D eigenvalue weighted by molar-refractivity contribution is -0.117. The normalized spacial score (nSPS) is 14.1. The summed E-state index contributed by atoms with van der Waals surface area (Å²) in [6, 6.07) is 0. The molecule has 0 saturated carbocycles. The van der Waals surface area contributed by atoms with Crippen LogP contribution >= 0.6 is 7.60 Å². The van der Waals surface area contributed by atoms with Crippen LogP contribution in [0, 0.1) is 11.8 Å². The van der Waals surface area contributed by atoms with E-state index in [2.05, 4.69) is 13.8 Å². The van der Waals surface area contributed by atoms with Gasteiger partial charge in [-0.25, -0.2) is 0 Å². The van der Waals surface area contributed by atoms with Gasteiger partial charge in [-0.3, -0.25) is 9.36 Å². The smallest absolute Gasteiger partial charge is 0.324 e. The monoisotopic (exact) mass is 250 g/mol. The summed E-state index contributed by atoms with van der Waals surface area (Å²) in [6.45, 7) is 6.27. The molecule has 0 unspecified atom stereocenters. The zero-order chi connectivity index (χ0) is 12.8. The first kappa shape index (κ1) is 15.8. The van der Waals surface area contributed by atoms with Gasteiger partial charge in [0.05, 0.1) is 0 Å². The molecule has 0 aliphatic heterocycles. The van der Waals surface area contributed by atoms with Crippen molar-refractivity contribution < 1.29 is 19.1 Å². The Kier molecular flexibility index (Phi) is 7.12. The van der Waals surface area contributed by atoms with E-state index in [0.29, 0.717) is 5.92 Å². The minimum absolute atomic E-state index is 0.220. The lowest BCUT2D eigenvalue weighted by Crippen LogP contribution is -2.10. The Morgan fingerprint density at radius 1 is 1.19 bits per heavy atom. The number of carbonyl (C=O) groups is 1. The van der Waals surface area contributed by atoms with E-state index in [1.807, 2.05) is 6.92 Å². The average molecular weight is 250 g/mol. The molecule has 0 saturated heterocycles. The van der Waals surface area contributed by atoms with Gasteiger partial charge in [-0.05, 0) is 11.8 Å². The Bertz CT molecular complexity index is 257. The summed E-state index contributed by atoms with van der Waals surface area (Å²) < 4.78 is 10.6. The highest BCUT2D eigenvalue weighted by molar-refractivity contribution is 7.52. The number of ketones is 1. The maximum absolute atomic E-state index is 11.3. The van der Waals surface area contributed by atoms with Crippen LogP contribution in [0.15, 0.2) is 0 Å². The second-order valence-electron chi connectivity index (χ2n) is 5.00. The molecule has 0 aliphatic rings. The van der Waals surface area contributed by atoms with Crippen molar-refractivity contribution >= 4 is 13.4 Å². The quantitative estimate of drug-likeness (QED) is 0.649. The number of rotatable bonds is 8. The van der Waals surface area contributed by atoms with Crippen LogP contribution < -0.4 is 0 Å². The summed E-state index contributed by atoms with van der Waals surface area (Å²) in [4.78, 5) is 28.6. The Morgan fingerprint density at radius 2 is 1.75 bits per heavy atom. The van der Waals surface area contributed by atoms with Crippen LogP contribution in [0.2, 0.25) is 0 Å². The highest BCUT2D eigenvalue weighted by atomic mass is 31.2. The fourth-order valence-corrected chi connectivity index (χ4v) is 2.25. The zero-order valence-electron chi connectivity index (χ0n) is 10.3. The zero-order valence-corrected chi connectivity index (χ0v) is 11.2. The van der Waals surface area contributed by atoms with E-state index < -0.39 is 13.8 Å². The molecule has 0 aliphatic carbocycles. The van der Waals surface area contributed by atoms with Crippen molar-refractivity contribution in [1.82, 2.24) is 0 Å². The molecule has 0 spiro atoms. The van der Waals surface area contributed by atoms with Crippen LogP contribution in [0.25, 0.3) is 0 Å². The summed E-state index contributed by atoms with van der Waals surface area (Å²) in [5.74, 6) is 0.557. The van der Waals surface area contributed by atoms with Crippen molar-refractivity contribution in [3.63, 3.8) is 0 Å². The SMILES string of the molecule is CC(C)CCC[C@H](C)CC(=O)CP(=O)(O)O. The fraction of sp³-hybridized carbons (Fsp3) is 0.909. The van der Waals surface area contributed by atoms with Gasteiger partial charge >= 0.3 is 7.60 Å². The lowest BCUT2D eigenvalue weighted by atomic mass is 9.96. The molecule has 2 N–H and O–H groups in total. The number of hydrogen-bond donors (Lipinski definition) is 2. The van der Waals surface area contributed by atoms with Crippen LogP contribution in [-0.2, 0) is 9.36 Å². The van der Waals surface area contributed by atoms with Gasteiger partial charge in [0.15, 0.2) is 0 Å². The van der Waals surface area contributed by atoms with Crippen LogP contribution in [0.5, 0.6) is 0 Å². The predicted molar refractivity (Wildman–Crippen MR) is 64.4 cm³/mol. The van der Waals surface area contributed by atoms with Gasteiger partial charge in [-0.1, -0.05) is 40.0 Å². The summed E-state index contributed by atoms with van der Waals surface area (Å²) >= 11 is 0. The van der Waals surface area contributed by atoms with Gasteiger partial charge in [0.2, 0.25) is 0 Å². The van der Waals surface area contributed by atoms with Crippen LogP contribution in [0.4, 0.5) is 0 Å². The average Bonchev–Trinajstić information content (AvgIpc) is 1.98. The second kappa shape index (κ2) is 7.21. The molecule has 0 aromatic rings. The molecule has 0 amide bonds. The number of carbonyl (C=O) groups excluding carboxylic acids is 1. The predicted octanol–water partition coefficient (Wildman–Crippen LogP) is 2.59. The van der Waals surface area contributed by atoms with Crippen LogP contribution in [0.3, 0.4) is 0 Å². The van der Waals surface area contributed by atoms with Crippen molar-refractivity contribution in [2.24, 2.45) is 11.8 Å². The third-order valence-electron chi connectivity index (χ3n) is 2.44. The Morgan fingerprint density at radius 3 is 2.19 bits per heavy atom. The second-order valence-corrected chi connectivity index (χ2v) is 6.64. The summed E-state index contributed by atoms with van der Waals surface area (Å²) in [5.41, 5.74) is 0. The number of hydrogen-bond acceptors (Lipinski definition) is 2. The molecular weight excluding hydrogens is 227 g/mol. The minimum atomic E-state index is -4.17. The van der Waals surface area contributed by atoms with Crippen molar-refractivity contribution in [3.05, 3.63) is 0 Å². The molecule has 0 radical (unpaired) electrons. The summed E-state index contributed by atoms with van der Waals surface area (Å²) in [6.07, 6.45) is 2.83. The third kappa shape index (κ3) is 10.3. The molecular formula is C11H23O4P. The molecule has 5 heteroatoms. The van der Waals surface area contributed by atoms with E-state index >= 15 is 0 Å². The standard InChI is InChI=1S/C11H23O4P/c1-9(2)5-4-6-10(3)7-11(12)8-16(13,14)15/h9-10H,4-8H2,1-3H3,(H2,13,14,15)/t10-/m0/s1. The van der Waals surface area contributed by atoms with E-state index in [4.69, 9.17) is 9.79 Å². The van der Waals surface area contributed by atoms with Gasteiger partial charge in [-0.15, -0.1) is 0 Å². The largest absolute Gasteiger partial charge is 0.332 e. The van der Waals surface area contributed by atoms with Crippen molar-refractivity contribution in [2.45, 2.75) is 46.5 Å². The molecule has 0 aromatic carbocycles. The van der Waals surface area contributed by atoms with Gasteiger partial charge < -0.3 is 9.79 Å². The molecule has 4 nitrogen and oxygen atoms in total. The van der Waals surface area contributed by atoms with Gasteiger partial charge in [-0.2, -0.15) is 0 Å². The Labute approximate surface area is 97.6 Å². The van der Waals surface area contributed by atoms with Crippen molar-refractivity contribution in [1.29, 1.82) is 0 Å². The van der Waals surface area contributed by atoms with Crippen molar-refractivity contribution in [2.75, 3.05) is 6.16 Å². The molecule has 0 rings (SSSR count). The van der Waals surface area contributed by atoms with Gasteiger partial charge in [0.25, 0.3) is 0 Å². The fourth-order valence-electron chi connectivity index (χ4n) is 1.66. The summed E-state index contributed by atoms with van der Waals surface area (Å²) in [5, 5.41) is 0. The molecule has 0 aromatic heterocycles. The van der Waals surface area contributed by atoms with E-state index in [9.17, 15) is 9.36 Å². The minimum Gasteiger partial charge on any atom is -0.324 e. The van der Waals surface area contributed by atoms with Gasteiger partial charge in [0, 0.05) is 6.42 Å². The van der Waals surface area contributed by atoms with Crippen LogP contribution in [-0.4, -0.2) is 21.7 Å². The topological polar surface area (TPSA) is 74.6 Å². The summed E-state index contributed by atoms with van der Waals surface area (Å²) in [7, 11) is -4.17.